The van der Waals surface area contributed by atoms with Crippen LogP contribution in [0, 0.1) is 0 Å². The van der Waals surface area contributed by atoms with Crippen LogP contribution in [-0.2, 0) is 10.0 Å². The monoisotopic (exact) mass is 405 g/mol. The Labute approximate surface area is 169 Å². The second kappa shape index (κ2) is 10.5. The van der Waals surface area contributed by atoms with Gasteiger partial charge in [0.2, 0.25) is 10.0 Å². The molecule has 2 aromatic rings. The normalized spacial score (nSPS) is 13.9. The zero-order valence-corrected chi connectivity index (χ0v) is 17.9. The van der Waals surface area contributed by atoms with Gasteiger partial charge < -0.3 is 9.47 Å². The van der Waals surface area contributed by atoms with Crippen LogP contribution >= 0.6 is 0 Å². The SMILES string of the molecule is CC(CCOc1ccc(C(C)CNS(=O)(=O)C(C)C)cc1)Oc1ccccc1. The fraction of sp³-hybridized carbons (Fsp3) is 0.455. The second-order valence-corrected chi connectivity index (χ2v) is 9.61. The molecule has 0 spiro atoms. The minimum absolute atomic E-state index is 0.0654. The molecule has 1 N–H and O–H groups in total. The van der Waals surface area contributed by atoms with Gasteiger partial charge in [-0.1, -0.05) is 37.3 Å². The summed E-state index contributed by atoms with van der Waals surface area (Å²) in [7, 11) is -3.24. The van der Waals surface area contributed by atoms with Gasteiger partial charge in [0.05, 0.1) is 18.0 Å². The standard InChI is InChI=1S/C22H31NO4S/c1-17(2)28(24,25)23-16-18(3)20-10-12-21(13-11-20)26-15-14-19(4)27-22-8-6-5-7-9-22/h5-13,17-19,23H,14-16H2,1-4H3. The van der Waals surface area contributed by atoms with E-state index in [2.05, 4.69) is 4.72 Å². The molecule has 0 saturated heterocycles. The van der Waals surface area contributed by atoms with Gasteiger partial charge in [-0.05, 0) is 56.5 Å². The number of rotatable bonds is 11. The first-order valence-corrected chi connectivity index (χ1v) is 11.3. The average molecular weight is 406 g/mol. The third-order valence-electron chi connectivity index (χ3n) is 4.53. The van der Waals surface area contributed by atoms with Gasteiger partial charge in [-0.25, -0.2) is 13.1 Å². The van der Waals surface area contributed by atoms with E-state index in [1.807, 2.05) is 68.4 Å². The van der Waals surface area contributed by atoms with E-state index >= 15 is 0 Å². The fourth-order valence-electron chi connectivity index (χ4n) is 2.55. The van der Waals surface area contributed by atoms with Crippen LogP contribution in [0.4, 0.5) is 0 Å². The molecule has 0 radical (unpaired) electrons. The van der Waals surface area contributed by atoms with Gasteiger partial charge in [0.15, 0.2) is 0 Å². The van der Waals surface area contributed by atoms with E-state index in [9.17, 15) is 8.42 Å². The molecule has 0 aliphatic heterocycles. The molecule has 2 rings (SSSR count). The van der Waals surface area contributed by atoms with Gasteiger partial charge in [0.25, 0.3) is 0 Å². The summed E-state index contributed by atoms with van der Waals surface area (Å²) in [6, 6.07) is 17.6. The highest BCUT2D eigenvalue weighted by Gasteiger charge is 2.17. The van der Waals surface area contributed by atoms with E-state index in [0.717, 1.165) is 23.5 Å². The van der Waals surface area contributed by atoms with E-state index in [0.29, 0.717) is 13.2 Å². The van der Waals surface area contributed by atoms with E-state index < -0.39 is 15.3 Å². The third kappa shape index (κ3) is 7.17. The van der Waals surface area contributed by atoms with Crippen molar-refractivity contribution in [2.75, 3.05) is 13.2 Å². The Balaban J connectivity index is 1.76. The van der Waals surface area contributed by atoms with E-state index in [1.165, 1.54) is 0 Å². The lowest BCUT2D eigenvalue weighted by Crippen LogP contribution is -2.33. The smallest absolute Gasteiger partial charge is 0.213 e. The first-order chi connectivity index (χ1) is 13.3. The molecule has 154 valence electrons. The topological polar surface area (TPSA) is 64.6 Å². The highest BCUT2D eigenvalue weighted by molar-refractivity contribution is 7.90. The number of nitrogens with one attached hydrogen (secondary N) is 1. The van der Waals surface area contributed by atoms with Crippen molar-refractivity contribution in [2.45, 2.75) is 51.4 Å². The molecule has 2 atom stereocenters. The van der Waals surface area contributed by atoms with Gasteiger partial charge in [0.1, 0.15) is 11.5 Å². The van der Waals surface area contributed by atoms with E-state index in [4.69, 9.17) is 9.47 Å². The van der Waals surface area contributed by atoms with Crippen LogP contribution in [0.15, 0.2) is 54.6 Å². The maximum Gasteiger partial charge on any atom is 0.213 e. The Bertz CT molecular complexity index is 804. The largest absolute Gasteiger partial charge is 0.493 e. The number of para-hydroxylation sites is 1. The van der Waals surface area contributed by atoms with E-state index in [1.54, 1.807) is 13.8 Å². The van der Waals surface area contributed by atoms with Crippen molar-refractivity contribution in [3.05, 3.63) is 60.2 Å². The summed E-state index contributed by atoms with van der Waals surface area (Å²) in [5, 5.41) is -0.427. The molecular weight excluding hydrogens is 374 g/mol. The van der Waals surface area contributed by atoms with Crippen LogP contribution in [0.2, 0.25) is 0 Å². The molecule has 2 aromatic carbocycles. The van der Waals surface area contributed by atoms with Crippen molar-refractivity contribution in [3.8, 4) is 11.5 Å². The van der Waals surface area contributed by atoms with Crippen LogP contribution in [0.3, 0.4) is 0 Å². The van der Waals surface area contributed by atoms with Crippen LogP contribution in [0.1, 0.15) is 45.6 Å². The van der Waals surface area contributed by atoms with Crippen molar-refractivity contribution in [1.29, 1.82) is 0 Å². The summed E-state index contributed by atoms with van der Waals surface area (Å²) in [6.07, 6.45) is 0.847. The lowest BCUT2D eigenvalue weighted by molar-refractivity contribution is 0.177. The van der Waals surface area contributed by atoms with Gasteiger partial charge >= 0.3 is 0 Å². The number of hydrogen-bond donors (Lipinski definition) is 1. The number of benzene rings is 2. The molecule has 0 aliphatic carbocycles. The van der Waals surface area contributed by atoms with Crippen LogP contribution < -0.4 is 14.2 Å². The first-order valence-electron chi connectivity index (χ1n) is 9.71. The Morgan fingerprint density at radius 2 is 1.54 bits per heavy atom. The maximum atomic E-state index is 11.9. The Morgan fingerprint density at radius 3 is 2.14 bits per heavy atom. The zero-order valence-electron chi connectivity index (χ0n) is 17.1. The molecule has 0 saturated carbocycles. The average Bonchev–Trinajstić information content (AvgIpc) is 2.67. The fourth-order valence-corrected chi connectivity index (χ4v) is 3.37. The molecule has 0 bridgehead atoms. The Morgan fingerprint density at radius 1 is 0.893 bits per heavy atom. The molecule has 5 nitrogen and oxygen atoms in total. The predicted octanol–water partition coefficient (Wildman–Crippen LogP) is 4.35. The van der Waals surface area contributed by atoms with Crippen LogP contribution in [0.5, 0.6) is 11.5 Å². The zero-order chi connectivity index (χ0) is 20.6. The molecule has 0 aromatic heterocycles. The Kier molecular flexibility index (Phi) is 8.33. The first kappa shape index (κ1) is 22.2. The van der Waals surface area contributed by atoms with Crippen molar-refractivity contribution in [1.82, 2.24) is 4.72 Å². The summed E-state index contributed by atoms with van der Waals surface area (Å²) in [6.45, 7) is 8.32. The van der Waals surface area contributed by atoms with Gasteiger partial charge in [-0.3, -0.25) is 0 Å². The highest BCUT2D eigenvalue weighted by Crippen LogP contribution is 2.20. The van der Waals surface area contributed by atoms with Crippen molar-refractivity contribution >= 4 is 10.0 Å². The van der Waals surface area contributed by atoms with Crippen molar-refractivity contribution in [3.63, 3.8) is 0 Å². The van der Waals surface area contributed by atoms with Crippen LogP contribution in [0.25, 0.3) is 0 Å². The summed E-state index contributed by atoms with van der Waals surface area (Å²) >= 11 is 0. The highest BCUT2D eigenvalue weighted by atomic mass is 32.2. The number of hydrogen-bond acceptors (Lipinski definition) is 4. The number of sulfonamides is 1. The lowest BCUT2D eigenvalue weighted by atomic mass is 10.0. The van der Waals surface area contributed by atoms with Gasteiger partial charge in [0, 0.05) is 13.0 Å². The molecule has 2 unspecified atom stereocenters. The molecule has 0 fully saturated rings. The molecule has 6 heteroatoms. The summed E-state index contributed by atoms with van der Waals surface area (Å²) < 4.78 is 38.0. The second-order valence-electron chi connectivity index (χ2n) is 7.29. The molecule has 28 heavy (non-hydrogen) atoms. The minimum Gasteiger partial charge on any atom is -0.493 e. The van der Waals surface area contributed by atoms with Crippen molar-refractivity contribution < 1.29 is 17.9 Å². The Hall–Kier alpha value is -2.05. The summed E-state index contributed by atoms with van der Waals surface area (Å²) in [5.74, 6) is 1.74. The number of ether oxygens (including phenoxy) is 2. The van der Waals surface area contributed by atoms with E-state index in [-0.39, 0.29) is 12.0 Å². The minimum atomic E-state index is -3.24. The molecular formula is C22H31NO4S. The molecule has 0 heterocycles. The van der Waals surface area contributed by atoms with Gasteiger partial charge in [-0.15, -0.1) is 0 Å². The predicted molar refractivity (Wildman–Crippen MR) is 114 cm³/mol. The third-order valence-corrected chi connectivity index (χ3v) is 6.34. The van der Waals surface area contributed by atoms with Gasteiger partial charge in [-0.2, -0.15) is 0 Å². The summed E-state index contributed by atoms with van der Waals surface area (Å²) in [5.41, 5.74) is 1.07. The molecule has 0 aliphatic rings. The van der Waals surface area contributed by atoms with Crippen LogP contribution in [-0.4, -0.2) is 32.9 Å². The molecule has 0 amide bonds. The lowest BCUT2D eigenvalue weighted by Gasteiger charge is -2.16. The summed E-state index contributed by atoms with van der Waals surface area (Å²) in [4.78, 5) is 0. The van der Waals surface area contributed by atoms with Crippen molar-refractivity contribution in [2.24, 2.45) is 0 Å². The maximum absolute atomic E-state index is 11.9. The quantitative estimate of drug-likeness (QED) is 0.603.